The molecular formula is C20H36. The Labute approximate surface area is 128 Å². The van der Waals surface area contributed by atoms with Crippen LogP contribution in [-0.4, -0.2) is 0 Å². The Morgan fingerprint density at radius 1 is 0.950 bits per heavy atom. The molecule has 0 heteroatoms. The Hall–Kier alpha value is -0.780. The third kappa shape index (κ3) is 9.18. The molecular weight excluding hydrogens is 240 g/mol. The fourth-order valence-electron chi connectivity index (χ4n) is 2.77. The summed E-state index contributed by atoms with van der Waals surface area (Å²) in [6.45, 7) is 21.7. The molecule has 0 spiro atoms. The molecule has 0 rings (SSSR count). The van der Waals surface area contributed by atoms with Gasteiger partial charge in [-0.2, -0.15) is 0 Å². The Morgan fingerprint density at radius 3 is 1.90 bits per heavy atom. The van der Waals surface area contributed by atoms with Crippen molar-refractivity contribution in [3.63, 3.8) is 0 Å². The number of rotatable bonds is 10. The molecule has 0 aliphatic carbocycles. The first kappa shape index (κ1) is 19.2. The molecule has 0 aliphatic heterocycles. The maximum Gasteiger partial charge on any atom is -0.0266 e. The van der Waals surface area contributed by atoms with E-state index in [4.69, 9.17) is 0 Å². The maximum atomic E-state index is 3.89. The van der Waals surface area contributed by atoms with E-state index in [0.717, 1.165) is 12.8 Å². The zero-order chi connectivity index (χ0) is 15.8. The van der Waals surface area contributed by atoms with Gasteiger partial charge in [-0.15, -0.1) is 13.2 Å². The molecule has 0 fully saturated rings. The van der Waals surface area contributed by atoms with Gasteiger partial charge in [0.15, 0.2) is 0 Å². The van der Waals surface area contributed by atoms with Crippen LogP contribution in [0.5, 0.6) is 0 Å². The standard InChI is InChI=1S/C20H36/c1-9-12-19(5,6)14-11-18(15-17(3)4)16-20(7,8)13-10-2/h9-10,15,17H,1-2,11-14,16H2,3-8H3. The van der Waals surface area contributed by atoms with Gasteiger partial charge >= 0.3 is 0 Å². The third-order valence-corrected chi connectivity index (χ3v) is 3.79. The molecule has 0 aromatic carbocycles. The van der Waals surface area contributed by atoms with Gasteiger partial charge in [-0.1, -0.05) is 65.3 Å². The highest BCUT2D eigenvalue weighted by Crippen LogP contribution is 2.35. The first-order valence-corrected chi connectivity index (χ1v) is 8.03. The van der Waals surface area contributed by atoms with Gasteiger partial charge in [0, 0.05) is 0 Å². The lowest BCUT2D eigenvalue weighted by molar-refractivity contribution is 0.321. The summed E-state index contributed by atoms with van der Waals surface area (Å²) in [6, 6.07) is 0. The molecule has 0 aromatic heterocycles. The summed E-state index contributed by atoms with van der Waals surface area (Å²) >= 11 is 0. The molecule has 0 bridgehead atoms. The van der Waals surface area contributed by atoms with E-state index in [1.807, 2.05) is 6.08 Å². The Bertz CT molecular complexity index is 326. The van der Waals surface area contributed by atoms with Crippen molar-refractivity contribution in [2.75, 3.05) is 0 Å². The van der Waals surface area contributed by atoms with Gasteiger partial charge in [0.2, 0.25) is 0 Å². The van der Waals surface area contributed by atoms with Crippen molar-refractivity contribution < 1.29 is 0 Å². The van der Waals surface area contributed by atoms with E-state index in [1.165, 1.54) is 19.3 Å². The number of hydrogen-bond donors (Lipinski definition) is 0. The summed E-state index contributed by atoms with van der Waals surface area (Å²) in [5.41, 5.74) is 2.30. The fraction of sp³-hybridized carbons (Fsp3) is 0.700. The van der Waals surface area contributed by atoms with Gasteiger partial charge in [0.05, 0.1) is 0 Å². The summed E-state index contributed by atoms with van der Waals surface area (Å²) in [5, 5.41) is 0. The van der Waals surface area contributed by atoms with Crippen molar-refractivity contribution in [1.29, 1.82) is 0 Å². The van der Waals surface area contributed by atoms with Crippen LogP contribution in [0.25, 0.3) is 0 Å². The van der Waals surface area contributed by atoms with Crippen molar-refractivity contribution >= 4 is 0 Å². The number of allylic oxidation sites excluding steroid dienone is 4. The predicted octanol–water partition coefficient (Wildman–Crippen LogP) is 6.94. The molecule has 0 N–H and O–H groups in total. The second-order valence-corrected chi connectivity index (χ2v) is 8.06. The smallest absolute Gasteiger partial charge is 0.0266 e. The molecule has 0 radical (unpaired) electrons. The van der Waals surface area contributed by atoms with Crippen molar-refractivity contribution in [3.05, 3.63) is 37.0 Å². The Morgan fingerprint density at radius 2 is 1.45 bits per heavy atom. The SMILES string of the molecule is C=CCC(C)(C)CCC(=CC(C)C)CC(C)(C)CC=C. The van der Waals surface area contributed by atoms with Crippen molar-refractivity contribution in [2.24, 2.45) is 16.7 Å². The largest absolute Gasteiger partial charge is 0.103 e. The summed E-state index contributed by atoms with van der Waals surface area (Å²) in [4.78, 5) is 0. The van der Waals surface area contributed by atoms with E-state index in [1.54, 1.807) is 5.57 Å². The highest BCUT2D eigenvalue weighted by Gasteiger charge is 2.21. The van der Waals surface area contributed by atoms with Crippen LogP contribution in [0.3, 0.4) is 0 Å². The molecule has 0 aromatic rings. The molecule has 20 heavy (non-hydrogen) atoms. The second kappa shape index (κ2) is 8.49. The van der Waals surface area contributed by atoms with Crippen LogP contribution in [0.2, 0.25) is 0 Å². The van der Waals surface area contributed by atoms with Crippen LogP contribution in [0.1, 0.15) is 73.6 Å². The highest BCUT2D eigenvalue weighted by molar-refractivity contribution is 5.08. The quantitative estimate of drug-likeness (QED) is 0.379. The zero-order valence-corrected chi connectivity index (χ0v) is 14.8. The monoisotopic (exact) mass is 276 g/mol. The van der Waals surface area contributed by atoms with Crippen LogP contribution in [0.15, 0.2) is 37.0 Å². The lowest BCUT2D eigenvalue weighted by atomic mass is 9.77. The normalized spacial score (nSPS) is 13.7. The Balaban J connectivity index is 4.75. The van der Waals surface area contributed by atoms with Crippen molar-refractivity contribution in [2.45, 2.75) is 73.6 Å². The molecule has 0 saturated carbocycles. The van der Waals surface area contributed by atoms with E-state index in [0.29, 0.717) is 16.7 Å². The van der Waals surface area contributed by atoms with Crippen LogP contribution >= 0.6 is 0 Å². The summed E-state index contributed by atoms with van der Waals surface area (Å²) in [7, 11) is 0. The zero-order valence-electron chi connectivity index (χ0n) is 14.8. The minimum Gasteiger partial charge on any atom is -0.103 e. The average Bonchev–Trinajstić information content (AvgIpc) is 2.24. The molecule has 0 unspecified atom stereocenters. The van der Waals surface area contributed by atoms with E-state index in [-0.39, 0.29) is 0 Å². The average molecular weight is 277 g/mol. The molecule has 0 amide bonds. The van der Waals surface area contributed by atoms with Gasteiger partial charge in [-0.25, -0.2) is 0 Å². The van der Waals surface area contributed by atoms with E-state index in [9.17, 15) is 0 Å². The van der Waals surface area contributed by atoms with Crippen molar-refractivity contribution in [1.82, 2.24) is 0 Å². The van der Waals surface area contributed by atoms with Crippen LogP contribution in [0.4, 0.5) is 0 Å². The topological polar surface area (TPSA) is 0 Å². The van der Waals surface area contributed by atoms with E-state index < -0.39 is 0 Å². The van der Waals surface area contributed by atoms with Gasteiger partial charge in [0.1, 0.15) is 0 Å². The second-order valence-electron chi connectivity index (χ2n) is 8.06. The van der Waals surface area contributed by atoms with Crippen molar-refractivity contribution in [3.8, 4) is 0 Å². The van der Waals surface area contributed by atoms with E-state index >= 15 is 0 Å². The third-order valence-electron chi connectivity index (χ3n) is 3.79. The lowest BCUT2D eigenvalue weighted by Gasteiger charge is -2.28. The fourth-order valence-corrected chi connectivity index (χ4v) is 2.77. The number of hydrogen-bond acceptors (Lipinski definition) is 0. The van der Waals surface area contributed by atoms with Crippen LogP contribution < -0.4 is 0 Å². The van der Waals surface area contributed by atoms with Gasteiger partial charge in [-0.05, 0) is 48.9 Å². The first-order chi connectivity index (χ1) is 9.12. The summed E-state index contributed by atoms with van der Waals surface area (Å²) < 4.78 is 0. The molecule has 116 valence electrons. The van der Waals surface area contributed by atoms with Gasteiger partial charge in [0.25, 0.3) is 0 Å². The summed E-state index contributed by atoms with van der Waals surface area (Å²) in [5.74, 6) is 0.632. The van der Waals surface area contributed by atoms with Crippen LogP contribution in [0, 0.1) is 16.7 Å². The molecule has 0 aliphatic rings. The molecule has 0 heterocycles. The minimum absolute atomic E-state index is 0.324. The minimum atomic E-state index is 0.324. The predicted molar refractivity (Wildman–Crippen MR) is 94.0 cm³/mol. The molecule has 0 saturated heterocycles. The van der Waals surface area contributed by atoms with E-state index in [2.05, 4.69) is 66.9 Å². The summed E-state index contributed by atoms with van der Waals surface area (Å²) in [6.07, 6.45) is 12.4. The van der Waals surface area contributed by atoms with Gasteiger partial charge in [-0.3, -0.25) is 0 Å². The maximum absolute atomic E-state index is 3.89. The Kier molecular flexibility index (Phi) is 8.16. The lowest BCUT2D eigenvalue weighted by Crippen LogP contribution is -2.14. The van der Waals surface area contributed by atoms with Crippen LogP contribution in [-0.2, 0) is 0 Å². The molecule has 0 nitrogen and oxygen atoms in total. The first-order valence-electron chi connectivity index (χ1n) is 8.03. The van der Waals surface area contributed by atoms with Gasteiger partial charge < -0.3 is 0 Å². The highest BCUT2D eigenvalue weighted by atomic mass is 14.3. The molecule has 0 atom stereocenters.